The Morgan fingerprint density at radius 1 is 1.05 bits per heavy atom. The molecule has 2 heteroatoms. The zero-order chi connectivity index (χ0) is 14.8. The average Bonchev–Trinajstić information content (AvgIpc) is 3.17. The summed E-state index contributed by atoms with van der Waals surface area (Å²) >= 11 is 0. The normalized spacial score (nSPS) is 24.1. The monoisotopic (exact) mass is 292 g/mol. The molecule has 1 saturated carbocycles. The molecule has 2 aliphatic rings. The lowest BCUT2D eigenvalue weighted by Crippen LogP contribution is -2.26. The van der Waals surface area contributed by atoms with Crippen LogP contribution < -0.4 is 0 Å². The first-order chi connectivity index (χ1) is 10.9. The van der Waals surface area contributed by atoms with E-state index in [9.17, 15) is 0 Å². The van der Waals surface area contributed by atoms with E-state index < -0.39 is 0 Å². The van der Waals surface area contributed by atoms with Gasteiger partial charge in [-0.2, -0.15) is 0 Å². The molecule has 1 aromatic heterocycles. The SMILES string of the molecule is c1ccc([C@@H]2CN(Cc3cccnc3)CC23CCCC3)cc1. The minimum absolute atomic E-state index is 0.517. The highest BCUT2D eigenvalue weighted by Crippen LogP contribution is 2.53. The van der Waals surface area contributed by atoms with Gasteiger partial charge in [-0.1, -0.05) is 49.2 Å². The van der Waals surface area contributed by atoms with Crippen LogP contribution in [0.3, 0.4) is 0 Å². The molecule has 1 saturated heterocycles. The molecule has 2 fully saturated rings. The Morgan fingerprint density at radius 3 is 2.59 bits per heavy atom. The predicted octanol–water partition coefficient (Wildman–Crippen LogP) is 4.24. The number of hydrogen-bond acceptors (Lipinski definition) is 2. The second kappa shape index (κ2) is 5.85. The third kappa shape index (κ3) is 2.56. The Bertz CT molecular complexity index is 602. The highest BCUT2D eigenvalue weighted by Gasteiger charge is 2.48. The van der Waals surface area contributed by atoms with Gasteiger partial charge in [0.15, 0.2) is 0 Å². The van der Waals surface area contributed by atoms with E-state index in [1.54, 1.807) is 0 Å². The number of likely N-dealkylation sites (tertiary alicyclic amines) is 1. The Balaban J connectivity index is 1.58. The summed E-state index contributed by atoms with van der Waals surface area (Å²) in [4.78, 5) is 6.92. The van der Waals surface area contributed by atoms with Crippen LogP contribution in [0.4, 0.5) is 0 Å². The second-order valence-corrected chi connectivity index (χ2v) is 7.06. The van der Waals surface area contributed by atoms with Gasteiger partial charge in [0.2, 0.25) is 0 Å². The van der Waals surface area contributed by atoms with Crippen molar-refractivity contribution in [2.24, 2.45) is 5.41 Å². The summed E-state index contributed by atoms with van der Waals surface area (Å²) in [7, 11) is 0. The Kier molecular flexibility index (Phi) is 3.71. The number of nitrogens with zero attached hydrogens (tertiary/aromatic N) is 2. The van der Waals surface area contributed by atoms with Crippen LogP contribution in [0.2, 0.25) is 0 Å². The van der Waals surface area contributed by atoms with Gasteiger partial charge in [0.05, 0.1) is 0 Å². The van der Waals surface area contributed by atoms with Crippen molar-refractivity contribution in [3.63, 3.8) is 0 Å². The smallest absolute Gasteiger partial charge is 0.0312 e. The molecule has 4 rings (SSSR count). The van der Waals surface area contributed by atoms with Crippen molar-refractivity contribution in [2.75, 3.05) is 13.1 Å². The molecule has 1 aliphatic heterocycles. The van der Waals surface area contributed by atoms with Gasteiger partial charge in [0, 0.05) is 37.9 Å². The predicted molar refractivity (Wildman–Crippen MR) is 89.6 cm³/mol. The number of aromatic nitrogens is 1. The number of benzene rings is 1. The van der Waals surface area contributed by atoms with E-state index in [0.29, 0.717) is 11.3 Å². The third-order valence-corrected chi connectivity index (χ3v) is 5.65. The van der Waals surface area contributed by atoms with E-state index in [1.165, 1.54) is 49.9 Å². The van der Waals surface area contributed by atoms with E-state index in [2.05, 4.69) is 46.3 Å². The molecule has 0 N–H and O–H groups in total. The van der Waals surface area contributed by atoms with E-state index in [1.807, 2.05) is 18.5 Å². The van der Waals surface area contributed by atoms with Gasteiger partial charge in [-0.25, -0.2) is 0 Å². The highest BCUT2D eigenvalue weighted by molar-refractivity contribution is 5.26. The summed E-state index contributed by atoms with van der Waals surface area (Å²) in [5, 5.41) is 0. The maximum Gasteiger partial charge on any atom is 0.0312 e. The first-order valence-electron chi connectivity index (χ1n) is 8.52. The van der Waals surface area contributed by atoms with Crippen molar-refractivity contribution in [3.8, 4) is 0 Å². The molecule has 0 unspecified atom stereocenters. The third-order valence-electron chi connectivity index (χ3n) is 5.65. The summed E-state index contributed by atoms with van der Waals surface area (Å²) in [6.45, 7) is 3.49. The Hall–Kier alpha value is -1.67. The largest absolute Gasteiger partial charge is 0.298 e. The van der Waals surface area contributed by atoms with Crippen molar-refractivity contribution in [1.29, 1.82) is 0 Å². The zero-order valence-corrected chi connectivity index (χ0v) is 13.1. The molecule has 2 heterocycles. The standard InChI is InChI=1S/C20H24N2/c1-2-8-18(9-3-1)19-15-22(14-17-7-6-12-21-13-17)16-20(19)10-4-5-11-20/h1-3,6-9,12-13,19H,4-5,10-11,14-16H2/t19-/m0/s1. The van der Waals surface area contributed by atoms with Crippen LogP contribution in [0.5, 0.6) is 0 Å². The van der Waals surface area contributed by atoms with Crippen molar-refractivity contribution >= 4 is 0 Å². The van der Waals surface area contributed by atoms with Gasteiger partial charge in [-0.05, 0) is 35.4 Å². The molecule has 0 amide bonds. The molecule has 1 atom stereocenters. The van der Waals surface area contributed by atoms with Crippen LogP contribution in [0.25, 0.3) is 0 Å². The lowest BCUT2D eigenvalue weighted by Gasteiger charge is -2.30. The molecule has 2 nitrogen and oxygen atoms in total. The fourth-order valence-electron chi connectivity index (χ4n) is 4.67. The number of pyridine rings is 1. The van der Waals surface area contributed by atoms with Crippen molar-refractivity contribution < 1.29 is 0 Å². The molecule has 1 aliphatic carbocycles. The lowest BCUT2D eigenvalue weighted by atomic mass is 9.73. The average molecular weight is 292 g/mol. The van der Waals surface area contributed by atoms with Crippen LogP contribution in [-0.2, 0) is 6.54 Å². The van der Waals surface area contributed by atoms with Gasteiger partial charge < -0.3 is 0 Å². The van der Waals surface area contributed by atoms with Crippen molar-refractivity contribution in [3.05, 3.63) is 66.0 Å². The molecule has 0 bridgehead atoms. The summed E-state index contributed by atoms with van der Waals surface area (Å²) in [6, 6.07) is 15.4. The summed E-state index contributed by atoms with van der Waals surface area (Å²) in [5.41, 5.74) is 3.39. The van der Waals surface area contributed by atoms with Gasteiger partial charge in [0.1, 0.15) is 0 Å². The van der Waals surface area contributed by atoms with Gasteiger partial charge in [0.25, 0.3) is 0 Å². The van der Waals surface area contributed by atoms with Crippen LogP contribution in [0, 0.1) is 5.41 Å². The maximum absolute atomic E-state index is 4.27. The van der Waals surface area contributed by atoms with Gasteiger partial charge in [-0.3, -0.25) is 9.88 Å². The van der Waals surface area contributed by atoms with E-state index in [0.717, 1.165) is 6.54 Å². The van der Waals surface area contributed by atoms with Crippen LogP contribution in [0.15, 0.2) is 54.9 Å². The molecular weight excluding hydrogens is 268 g/mol. The van der Waals surface area contributed by atoms with Gasteiger partial charge >= 0.3 is 0 Å². The highest BCUT2D eigenvalue weighted by atomic mass is 15.2. The topological polar surface area (TPSA) is 16.1 Å². The molecule has 114 valence electrons. The maximum atomic E-state index is 4.27. The molecule has 22 heavy (non-hydrogen) atoms. The second-order valence-electron chi connectivity index (χ2n) is 7.06. The summed E-state index contributed by atoms with van der Waals surface area (Å²) < 4.78 is 0. The quantitative estimate of drug-likeness (QED) is 0.841. The molecular formula is C20H24N2. The van der Waals surface area contributed by atoms with Crippen LogP contribution in [-0.4, -0.2) is 23.0 Å². The first kappa shape index (κ1) is 14.0. The van der Waals surface area contributed by atoms with Crippen LogP contribution >= 0.6 is 0 Å². The lowest BCUT2D eigenvalue weighted by molar-refractivity contribution is 0.247. The minimum Gasteiger partial charge on any atom is -0.298 e. The van der Waals surface area contributed by atoms with Crippen molar-refractivity contribution in [1.82, 2.24) is 9.88 Å². The first-order valence-corrected chi connectivity index (χ1v) is 8.52. The molecule has 1 aromatic carbocycles. The van der Waals surface area contributed by atoms with Crippen LogP contribution in [0.1, 0.15) is 42.7 Å². The fourth-order valence-corrected chi connectivity index (χ4v) is 4.67. The van der Waals surface area contributed by atoms with E-state index in [4.69, 9.17) is 0 Å². The number of rotatable bonds is 3. The summed E-state index contributed by atoms with van der Waals surface area (Å²) in [5.74, 6) is 0.702. The van der Waals surface area contributed by atoms with E-state index >= 15 is 0 Å². The Morgan fingerprint density at radius 2 is 1.86 bits per heavy atom. The zero-order valence-electron chi connectivity index (χ0n) is 13.1. The van der Waals surface area contributed by atoms with E-state index in [-0.39, 0.29) is 0 Å². The molecule has 2 aromatic rings. The minimum atomic E-state index is 0.517. The molecule has 0 radical (unpaired) electrons. The van der Waals surface area contributed by atoms with Crippen molar-refractivity contribution in [2.45, 2.75) is 38.1 Å². The fraction of sp³-hybridized carbons (Fsp3) is 0.450. The summed E-state index contributed by atoms with van der Waals surface area (Å²) in [6.07, 6.45) is 9.48. The Labute approximate surface area is 133 Å². The number of hydrogen-bond donors (Lipinski definition) is 0. The molecule has 1 spiro atoms. The van der Waals surface area contributed by atoms with Gasteiger partial charge in [-0.15, -0.1) is 0 Å².